The smallest absolute Gasteiger partial charge is 0.226 e. The topological polar surface area (TPSA) is 61.4 Å². The Kier molecular flexibility index (Phi) is 4.97. The Morgan fingerprint density at radius 3 is 2.80 bits per heavy atom. The number of alkyl halides is 1. The van der Waals surface area contributed by atoms with Crippen molar-refractivity contribution < 1.29 is 14.0 Å². The molecule has 2 saturated heterocycles. The van der Waals surface area contributed by atoms with Crippen LogP contribution in [0.25, 0.3) is 0 Å². The first kappa shape index (κ1) is 17.6. The number of carbonyl (C=O) groups excluding carboxylic acids is 2. The van der Waals surface area contributed by atoms with Gasteiger partial charge in [0, 0.05) is 31.3 Å². The molecule has 0 bridgehead atoms. The second-order valence-electron chi connectivity index (χ2n) is 8.12. The molecule has 6 unspecified atom stereocenters. The summed E-state index contributed by atoms with van der Waals surface area (Å²) in [5.74, 6) is 1.11. The minimum atomic E-state index is -0.612. The van der Waals surface area contributed by atoms with Crippen LogP contribution in [0.5, 0.6) is 0 Å². The molecule has 2 aliphatic carbocycles. The van der Waals surface area contributed by atoms with Crippen LogP contribution in [0.4, 0.5) is 4.39 Å². The number of amides is 2. The van der Waals surface area contributed by atoms with Crippen molar-refractivity contribution in [3.63, 3.8) is 0 Å². The fourth-order valence-electron chi connectivity index (χ4n) is 5.20. The number of hydrogen-bond acceptors (Lipinski definition) is 4. The molecule has 0 aromatic rings. The second kappa shape index (κ2) is 7.06. The number of likely N-dealkylation sites (tertiary alicyclic amines) is 1. The number of nitrogens with zero attached hydrogens (tertiary/aromatic N) is 1. The first-order valence-corrected chi connectivity index (χ1v) is 10.6. The van der Waals surface area contributed by atoms with Crippen LogP contribution in [0.1, 0.15) is 45.4 Å². The molecule has 2 heterocycles. The quantitative estimate of drug-likeness (QED) is 0.780. The average Bonchev–Trinajstić information content (AvgIpc) is 3.21. The maximum atomic E-state index is 13.7. The molecule has 140 valence electrons. The van der Waals surface area contributed by atoms with Gasteiger partial charge in [-0.3, -0.25) is 14.9 Å². The minimum absolute atomic E-state index is 0.0455. The summed E-state index contributed by atoms with van der Waals surface area (Å²) >= 11 is 1.83. The van der Waals surface area contributed by atoms with Gasteiger partial charge in [-0.15, -0.1) is 11.8 Å². The molecule has 7 atom stereocenters. The van der Waals surface area contributed by atoms with Crippen LogP contribution in [-0.2, 0) is 9.59 Å². The zero-order chi connectivity index (χ0) is 17.6. The first-order valence-electron chi connectivity index (χ1n) is 9.62. The van der Waals surface area contributed by atoms with E-state index in [4.69, 9.17) is 0 Å². The molecule has 4 rings (SSSR count). The molecule has 0 aromatic carbocycles. The van der Waals surface area contributed by atoms with Gasteiger partial charge in [-0.2, -0.15) is 0 Å². The lowest BCUT2D eigenvalue weighted by Crippen LogP contribution is -2.48. The van der Waals surface area contributed by atoms with Crippen molar-refractivity contribution in [1.82, 2.24) is 15.5 Å². The predicted octanol–water partition coefficient (Wildman–Crippen LogP) is 1.88. The van der Waals surface area contributed by atoms with Crippen LogP contribution in [0.15, 0.2) is 0 Å². The van der Waals surface area contributed by atoms with Gasteiger partial charge in [-0.05, 0) is 50.4 Å². The number of hydrogen-bond donors (Lipinski definition) is 2. The second-order valence-corrected chi connectivity index (χ2v) is 9.41. The highest BCUT2D eigenvalue weighted by atomic mass is 32.2. The minimum Gasteiger partial charge on any atom is -0.342 e. The molecule has 7 heteroatoms. The zero-order valence-electron chi connectivity index (χ0n) is 14.7. The van der Waals surface area contributed by atoms with E-state index in [2.05, 4.69) is 10.6 Å². The van der Waals surface area contributed by atoms with E-state index >= 15 is 0 Å². The molecule has 0 aromatic heterocycles. The van der Waals surface area contributed by atoms with E-state index in [1.807, 2.05) is 11.8 Å². The monoisotopic (exact) mass is 369 g/mol. The van der Waals surface area contributed by atoms with Gasteiger partial charge < -0.3 is 10.2 Å². The Morgan fingerprint density at radius 2 is 2.04 bits per heavy atom. The summed E-state index contributed by atoms with van der Waals surface area (Å²) in [6, 6.07) is 0.435. The highest BCUT2D eigenvalue weighted by molar-refractivity contribution is 8.00. The van der Waals surface area contributed by atoms with Gasteiger partial charge in [-0.1, -0.05) is 0 Å². The van der Waals surface area contributed by atoms with Crippen LogP contribution >= 0.6 is 11.8 Å². The highest BCUT2D eigenvalue weighted by Gasteiger charge is 2.48. The van der Waals surface area contributed by atoms with Crippen LogP contribution in [0, 0.1) is 17.8 Å². The molecular formula is C18H28FN3O2S. The SMILES string of the molecule is CC(=O)N1CC[C@H](C(=O)NC2NC3CCC4CC(F)CCC4C3S2)C1. The fourth-order valence-corrected chi connectivity index (χ4v) is 6.91. The van der Waals surface area contributed by atoms with E-state index in [-0.39, 0.29) is 23.2 Å². The lowest BCUT2D eigenvalue weighted by molar-refractivity contribution is -0.128. The molecular weight excluding hydrogens is 341 g/mol. The summed E-state index contributed by atoms with van der Waals surface area (Å²) in [4.78, 5) is 25.7. The number of fused-ring (bicyclic) bond motifs is 3. The summed E-state index contributed by atoms with van der Waals surface area (Å²) in [7, 11) is 0. The summed E-state index contributed by atoms with van der Waals surface area (Å²) in [6.07, 6.45) is 4.74. The summed E-state index contributed by atoms with van der Waals surface area (Å²) in [5, 5.41) is 7.22. The third-order valence-electron chi connectivity index (χ3n) is 6.58. The van der Waals surface area contributed by atoms with E-state index in [1.54, 1.807) is 11.8 Å². The highest BCUT2D eigenvalue weighted by Crippen LogP contribution is 2.48. The number of carbonyl (C=O) groups is 2. The third-order valence-corrected chi connectivity index (χ3v) is 8.10. The van der Waals surface area contributed by atoms with Gasteiger partial charge in [0.15, 0.2) is 0 Å². The molecule has 0 spiro atoms. The summed E-state index contributed by atoms with van der Waals surface area (Å²) in [6.45, 7) is 2.77. The van der Waals surface area contributed by atoms with Crippen LogP contribution in [0.3, 0.4) is 0 Å². The zero-order valence-corrected chi connectivity index (χ0v) is 15.6. The largest absolute Gasteiger partial charge is 0.342 e. The molecule has 0 radical (unpaired) electrons. The lowest BCUT2D eigenvalue weighted by atomic mass is 9.68. The van der Waals surface area contributed by atoms with Gasteiger partial charge in [0.1, 0.15) is 11.7 Å². The summed E-state index contributed by atoms with van der Waals surface area (Å²) in [5.41, 5.74) is -0.0456. The van der Waals surface area contributed by atoms with Crippen LogP contribution in [-0.4, -0.2) is 52.8 Å². The number of halogens is 1. The van der Waals surface area contributed by atoms with E-state index in [0.717, 1.165) is 32.1 Å². The van der Waals surface area contributed by atoms with E-state index in [9.17, 15) is 14.0 Å². The van der Waals surface area contributed by atoms with Crippen molar-refractivity contribution >= 4 is 23.6 Å². The number of nitrogens with one attached hydrogen (secondary N) is 2. The number of rotatable bonds is 2. The normalized spacial score (nSPS) is 43.4. The average molecular weight is 370 g/mol. The maximum absolute atomic E-state index is 13.7. The Balaban J connectivity index is 1.32. The van der Waals surface area contributed by atoms with Gasteiger partial charge in [0.2, 0.25) is 11.8 Å². The molecule has 4 fully saturated rings. The standard InChI is InChI=1S/C18H28FN3O2S/c1-10(23)22-7-6-12(9-22)17(24)21-18-20-15-5-2-11-8-13(19)3-4-14(11)16(15)25-18/h11-16,18,20H,2-9H2,1H3,(H,21,24)/t11?,12-,13?,14?,15?,16?,18?/m0/s1. The van der Waals surface area contributed by atoms with Gasteiger partial charge in [-0.25, -0.2) is 4.39 Å². The van der Waals surface area contributed by atoms with Crippen molar-refractivity contribution in [3.8, 4) is 0 Å². The Labute approximate surface area is 152 Å². The van der Waals surface area contributed by atoms with Gasteiger partial charge in [0.25, 0.3) is 0 Å². The van der Waals surface area contributed by atoms with E-state index in [0.29, 0.717) is 42.6 Å². The molecule has 2 amide bonds. The molecule has 4 aliphatic rings. The molecule has 5 nitrogen and oxygen atoms in total. The van der Waals surface area contributed by atoms with E-state index in [1.165, 1.54) is 0 Å². The van der Waals surface area contributed by atoms with Gasteiger partial charge in [0.05, 0.1) is 5.92 Å². The van der Waals surface area contributed by atoms with Crippen molar-refractivity contribution in [2.24, 2.45) is 17.8 Å². The Hall–Kier alpha value is -0.820. The van der Waals surface area contributed by atoms with E-state index < -0.39 is 6.17 Å². The predicted molar refractivity (Wildman–Crippen MR) is 95.6 cm³/mol. The molecule has 2 N–H and O–H groups in total. The van der Waals surface area contributed by atoms with Crippen molar-refractivity contribution in [1.29, 1.82) is 0 Å². The van der Waals surface area contributed by atoms with Crippen LogP contribution < -0.4 is 10.6 Å². The Morgan fingerprint density at radius 1 is 1.20 bits per heavy atom. The third kappa shape index (κ3) is 3.54. The van der Waals surface area contributed by atoms with Crippen molar-refractivity contribution in [2.75, 3.05) is 13.1 Å². The lowest BCUT2D eigenvalue weighted by Gasteiger charge is -2.42. The number of thioether (sulfide) groups is 1. The molecule has 2 aliphatic heterocycles. The molecule has 25 heavy (non-hydrogen) atoms. The first-order chi connectivity index (χ1) is 12.0. The van der Waals surface area contributed by atoms with Crippen molar-refractivity contribution in [3.05, 3.63) is 0 Å². The fraction of sp³-hybridized carbons (Fsp3) is 0.889. The van der Waals surface area contributed by atoms with Crippen molar-refractivity contribution in [2.45, 2.75) is 68.4 Å². The Bertz CT molecular complexity index is 548. The van der Waals surface area contributed by atoms with Crippen LogP contribution in [0.2, 0.25) is 0 Å². The molecule has 2 saturated carbocycles. The maximum Gasteiger partial charge on any atom is 0.226 e. The van der Waals surface area contributed by atoms with Gasteiger partial charge >= 0.3 is 0 Å². The summed E-state index contributed by atoms with van der Waals surface area (Å²) < 4.78 is 13.7.